The van der Waals surface area contributed by atoms with Gasteiger partial charge in [0.25, 0.3) is 0 Å². The number of aromatic nitrogens is 1. The largest absolute Gasteiger partial charge is 0.353 e. The molecule has 4 nitrogen and oxygen atoms in total. The van der Waals surface area contributed by atoms with E-state index in [4.69, 9.17) is 0 Å². The van der Waals surface area contributed by atoms with Gasteiger partial charge in [-0.05, 0) is 61.3 Å². The normalized spacial score (nSPS) is 18.9. The van der Waals surface area contributed by atoms with Crippen LogP contribution in [0, 0.1) is 0 Å². The maximum absolute atomic E-state index is 12.9. The van der Waals surface area contributed by atoms with Crippen molar-refractivity contribution < 1.29 is 4.79 Å². The third kappa shape index (κ3) is 3.13. The molecule has 4 rings (SSSR count). The predicted molar refractivity (Wildman–Crippen MR) is 106 cm³/mol. The van der Waals surface area contributed by atoms with Crippen molar-refractivity contribution in [2.24, 2.45) is 7.05 Å². The predicted octanol–water partition coefficient (Wildman–Crippen LogP) is 4.34. The molecule has 26 heavy (non-hydrogen) atoms. The van der Waals surface area contributed by atoms with Crippen LogP contribution in [0.5, 0.6) is 0 Å². The van der Waals surface area contributed by atoms with Gasteiger partial charge < -0.3 is 9.88 Å². The van der Waals surface area contributed by atoms with Crippen LogP contribution in [0.15, 0.2) is 60.8 Å². The first kappa shape index (κ1) is 16.9. The van der Waals surface area contributed by atoms with Gasteiger partial charge in [-0.15, -0.1) is 0 Å². The zero-order valence-electron chi connectivity index (χ0n) is 15.4. The van der Waals surface area contributed by atoms with E-state index in [1.165, 1.54) is 11.1 Å². The molecule has 3 aromatic rings. The highest BCUT2D eigenvalue weighted by molar-refractivity contribution is 5.97. The standard InChI is InChI=1S/C22H25N3O/c1-16(25-14-6-10-21(25)20-9-5-13-24(20)2)22(26)23-19-12-11-17-7-3-4-8-18(17)15-19/h3-5,7-9,11-13,15-16,21H,6,10,14H2,1-2H3,(H,23,26)/t16-,21-/m1/s1. The fraction of sp³-hybridized carbons (Fsp3) is 0.318. The van der Waals surface area contributed by atoms with Gasteiger partial charge >= 0.3 is 0 Å². The Morgan fingerprint density at radius 3 is 2.69 bits per heavy atom. The van der Waals surface area contributed by atoms with E-state index in [0.717, 1.165) is 30.5 Å². The second-order valence-electron chi connectivity index (χ2n) is 7.17. The maximum Gasteiger partial charge on any atom is 0.241 e. The number of hydrogen-bond donors (Lipinski definition) is 1. The number of nitrogens with one attached hydrogen (secondary N) is 1. The summed E-state index contributed by atoms with van der Waals surface area (Å²) in [4.78, 5) is 15.2. The molecule has 0 spiro atoms. The number of carbonyl (C=O) groups excluding carboxylic acids is 1. The van der Waals surface area contributed by atoms with Gasteiger partial charge in [-0.25, -0.2) is 0 Å². The summed E-state index contributed by atoms with van der Waals surface area (Å²) in [7, 11) is 2.08. The Morgan fingerprint density at radius 1 is 1.12 bits per heavy atom. The number of hydrogen-bond acceptors (Lipinski definition) is 2. The quantitative estimate of drug-likeness (QED) is 0.762. The van der Waals surface area contributed by atoms with Crippen molar-refractivity contribution in [1.29, 1.82) is 0 Å². The number of carbonyl (C=O) groups is 1. The zero-order valence-corrected chi connectivity index (χ0v) is 15.4. The molecule has 1 aromatic heterocycles. The minimum Gasteiger partial charge on any atom is -0.353 e. The number of likely N-dealkylation sites (tertiary alicyclic amines) is 1. The van der Waals surface area contributed by atoms with E-state index >= 15 is 0 Å². The Kier molecular flexibility index (Phi) is 4.51. The summed E-state index contributed by atoms with van der Waals surface area (Å²) in [6.07, 6.45) is 4.31. The smallest absolute Gasteiger partial charge is 0.241 e. The van der Waals surface area contributed by atoms with Gasteiger partial charge in [0.15, 0.2) is 0 Å². The number of fused-ring (bicyclic) bond motifs is 1. The van der Waals surface area contributed by atoms with Crippen LogP contribution in [0.1, 0.15) is 31.5 Å². The van der Waals surface area contributed by atoms with Crippen LogP contribution < -0.4 is 5.32 Å². The summed E-state index contributed by atoms with van der Waals surface area (Å²) >= 11 is 0. The molecule has 0 bridgehead atoms. The van der Waals surface area contributed by atoms with Crippen LogP contribution >= 0.6 is 0 Å². The lowest BCUT2D eigenvalue weighted by atomic mass is 10.1. The monoisotopic (exact) mass is 347 g/mol. The summed E-state index contributed by atoms with van der Waals surface area (Å²) < 4.78 is 2.16. The van der Waals surface area contributed by atoms with Crippen molar-refractivity contribution >= 4 is 22.4 Å². The molecule has 0 unspecified atom stereocenters. The Balaban J connectivity index is 1.50. The van der Waals surface area contributed by atoms with Crippen LogP contribution in [-0.2, 0) is 11.8 Å². The molecule has 1 amide bonds. The number of aryl methyl sites for hydroxylation is 1. The van der Waals surface area contributed by atoms with Gasteiger partial charge in [0.2, 0.25) is 5.91 Å². The molecular formula is C22H25N3O. The fourth-order valence-corrected chi connectivity index (χ4v) is 4.06. The third-order valence-electron chi connectivity index (χ3n) is 5.51. The molecule has 1 aliphatic rings. The molecule has 2 heterocycles. The second kappa shape index (κ2) is 6.96. The van der Waals surface area contributed by atoms with Crippen molar-refractivity contribution in [3.8, 4) is 0 Å². The lowest BCUT2D eigenvalue weighted by Crippen LogP contribution is -2.42. The van der Waals surface area contributed by atoms with Crippen molar-refractivity contribution in [2.45, 2.75) is 31.8 Å². The first-order valence-corrected chi connectivity index (χ1v) is 9.30. The van der Waals surface area contributed by atoms with Gasteiger partial charge in [0.1, 0.15) is 0 Å². The van der Waals surface area contributed by atoms with Crippen LogP contribution in [0.2, 0.25) is 0 Å². The number of amides is 1. The van der Waals surface area contributed by atoms with E-state index in [2.05, 4.69) is 58.4 Å². The van der Waals surface area contributed by atoms with Crippen molar-refractivity contribution in [2.75, 3.05) is 11.9 Å². The average Bonchev–Trinajstić information content (AvgIpc) is 3.29. The highest BCUT2D eigenvalue weighted by atomic mass is 16.2. The molecule has 4 heteroatoms. The molecule has 1 aliphatic heterocycles. The summed E-state index contributed by atoms with van der Waals surface area (Å²) in [5, 5.41) is 5.43. The SMILES string of the molecule is C[C@H](C(=O)Nc1ccc2ccccc2c1)N1CCC[C@@H]1c1cccn1C. The zero-order chi connectivity index (χ0) is 18.1. The average molecular weight is 347 g/mol. The Morgan fingerprint density at radius 2 is 1.92 bits per heavy atom. The number of nitrogens with zero attached hydrogens (tertiary/aromatic N) is 2. The Hall–Kier alpha value is -2.59. The van der Waals surface area contributed by atoms with Crippen LogP contribution in [0.4, 0.5) is 5.69 Å². The summed E-state index contributed by atoms with van der Waals surface area (Å²) in [5.74, 6) is 0.0568. The fourth-order valence-electron chi connectivity index (χ4n) is 4.06. The van der Waals surface area contributed by atoms with Crippen molar-refractivity contribution in [3.05, 3.63) is 66.5 Å². The minimum absolute atomic E-state index is 0.0568. The number of benzene rings is 2. The lowest BCUT2D eigenvalue weighted by molar-refractivity contribution is -0.121. The van der Waals surface area contributed by atoms with E-state index in [-0.39, 0.29) is 11.9 Å². The second-order valence-corrected chi connectivity index (χ2v) is 7.17. The van der Waals surface area contributed by atoms with E-state index in [9.17, 15) is 4.79 Å². The van der Waals surface area contributed by atoms with E-state index in [0.29, 0.717) is 6.04 Å². The molecule has 0 aliphatic carbocycles. The van der Waals surface area contributed by atoms with Gasteiger partial charge in [-0.3, -0.25) is 9.69 Å². The first-order chi connectivity index (χ1) is 12.6. The molecule has 0 saturated carbocycles. The van der Waals surface area contributed by atoms with Gasteiger partial charge in [0, 0.05) is 24.6 Å². The van der Waals surface area contributed by atoms with Crippen molar-refractivity contribution in [1.82, 2.24) is 9.47 Å². The molecule has 1 fully saturated rings. The Labute approximate surface area is 154 Å². The number of rotatable bonds is 4. The summed E-state index contributed by atoms with van der Waals surface area (Å²) in [6, 6.07) is 18.7. The van der Waals surface area contributed by atoms with Crippen LogP contribution in [-0.4, -0.2) is 28.0 Å². The minimum atomic E-state index is -0.163. The molecule has 2 aromatic carbocycles. The molecule has 1 saturated heterocycles. The van der Waals surface area contributed by atoms with Gasteiger partial charge in [0.05, 0.1) is 12.1 Å². The highest BCUT2D eigenvalue weighted by Gasteiger charge is 2.34. The van der Waals surface area contributed by atoms with Gasteiger partial charge in [-0.1, -0.05) is 30.3 Å². The van der Waals surface area contributed by atoms with Crippen molar-refractivity contribution in [3.63, 3.8) is 0 Å². The molecule has 0 radical (unpaired) electrons. The molecule has 1 N–H and O–H groups in total. The van der Waals surface area contributed by atoms with Crippen LogP contribution in [0.25, 0.3) is 10.8 Å². The topological polar surface area (TPSA) is 37.3 Å². The molecular weight excluding hydrogens is 322 g/mol. The van der Waals surface area contributed by atoms with Crippen LogP contribution in [0.3, 0.4) is 0 Å². The maximum atomic E-state index is 12.9. The first-order valence-electron chi connectivity index (χ1n) is 9.30. The Bertz CT molecular complexity index is 930. The lowest BCUT2D eigenvalue weighted by Gasteiger charge is -2.30. The molecule has 2 atom stereocenters. The van der Waals surface area contributed by atoms with Gasteiger partial charge in [-0.2, -0.15) is 0 Å². The molecule has 134 valence electrons. The highest BCUT2D eigenvalue weighted by Crippen LogP contribution is 2.33. The third-order valence-corrected chi connectivity index (χ3v) is 5.51. The number of anilines is 1. The summed E-state index contributed by atoms with van der Waals surface area (Å²) in [6.45, 7) is 2.97. The summed E-state index contributed by atoms with van der Waals surface area (Å²) in [5.41, 5.74) is 2.14. The van der Waals surface area contributed by atoms with E-state index in [1.54, 1.807) is 0 Å². The van der Waals surface area contributed by atoms with E-state index in [1.807, 2.05) is 31.2 Å². The van der Waals surface area contributed by atoms with E-state index < -0.39 is 0 Å².